The molecule has 0 aliphatic rings. The Hall–Kier alpha value is -3.27. The van der Waals surface area contributed by atoms with Crippen molar-refractivity contribution < 1.29 is 9.53 Å². The molecule has 0 spiro atoms. The normalized spacial score (nSPS) is 10.5. The van der Waals surface area contributed by atoms with Gasteiger partial charge in [-0.2, -0.15) is 0 Å². The van der Waals surface area contributed by atoms with Crippen LogP contribution in [-0.4, -0.2) is 12.0 Å². The van der Waals surface area contributed by atoms with Crippen molar-refractivity contribution >= 4 is 23.0 Å². The van der Waals surface area contributed by atoms with E-state index in [9.17, 15) is 4.79 Å². The van der Waals surface area contributed by atoms with Gasteiger partial charge in [-0.05, 0) is 55.8 Å². The first-order valence-electron chi connectivity index (χ1n) is 9.07. The second-order valence-corrected chi connectivity index (χ2v) is 6.58. The minimum absolute atomic E-state index is 0.0300. The van der Waals surface area contributed by atoms with E-state index < -0.39 is 0 Å². The second kappa shape index (κ2) is 8.90. The summed E-state index contributed by atoms with van der Waals surface area (Å²) in [6, 6.07) is 25.2. The molecule has 138 valence electrons. The van der Waals surface area contributed by atoms with E-state index in [1.807, 2.05) is 92.7 Å². The number of carbonyl (C=O) groups excluding carboxylic acids is 1. The SMILES string of the molecule is CC(C)Oc1ccccc1Nc1ccc(NC(=O)Cc2ccccc2)cc1. The monoisotopic (exact) mass is 360 g/mol. The molecular weight excluding hydrogens is 336 g/mol. The number of nitrogens with one attached hydrogen (secondary N) is 2. The molecule has 0 atom stereocenters. The number of ether oxygens (including phenoxy) is 1. The summed E-state index contributed by atoms with van der Waals surface area (Å²) in [7, 11) is 0. The Morgan fingerprint density at radius 3 is 2.19 bits per heavy atom. The summed E-state index contributed by atoms with van der Waals surface area (Å²) in [5.41, 5.74) is 3.60. The molecule has 4 nitrogen and oxygen atoms in total. The fourth-order valence-electron chi connectivity index (χ4n) is 2.71. The van der Waals surface area contributed by atoms with Crippen molar-refractivity contribution in [1.82, 2.24) is 0 Å². The van der Waals surface area contributed by atoms with Crippen molar-refractivity contribution in [2.24, 2.45) is 0 Å². The van der Waals surface area contributed by atoms with Crippen LogP contribution >= 0.6 is 0 Å². The Labute approximate surface area is 160 Å². The van der Waals surface area contributed by atoms with E-state index in [0.717, 1.165) is 28.4 Å². The van der Waals surface area contributed by atoms with Crippen molar-refractivity contribution in [2.75, 3.05) is 10.6 Å². The first kappa shape index (κ1) is 18.5. The summed E-state index contributed by atoms with van der Waals surface area (Å²) in [4.78, 5) is 12.2. The van der Waals surface area contributed by atoms with Gasteiger partial charge >= 0.3 is 0 Å². The van der Waals surface area contributed by atoms with Crippen LogP contribution in [0.3, 0.4) is 0 Å². The molecule has 3 rings (SSSR count). The van der Waals surface area contributed by atoms with E-state index in [1.165, 1.54) is 0 Å². The smallest absolute Gasteiger partial charge is 0.228 e. The molecule has 0 fully saturated rings. The highest BCUT2D eigenvalue weighted by Gasteiger charge is 2.07. The molecular formula is C23H24N2O2. The quantitative estimate of drug-likeness (QED) is 0.593. The standard InChI is InChI=1S/C23H24N2O2/c1-17(2)27-22-11-7-6-10-21(22)24-19-12-14-20(15-13-19)25-23(26)16-18-8-4-3-5-9-18/h3-15,17,24H,16H2,1-2H3,(H,25,26). The van der Waals surface area contributed by atoms with Gasteiger partial charge in [-0.3, -0.25) is 4.79 Å². The van der Waals surface area contributed by atoms with E-state index in [-0.39, 0.29) is 12.0 Å². The van der Waals surface area contributed by atoms with Gasteiger partial charge in [0.15, 0.2) is 0 Å². The van der Waals surface area contributed by atoms with Gasteiger partial charge in [0.05, 0.1) is 18.2 Å². The van der Waals surface area contributed by atoms with Crippen molar-refractivity contribution in [1.29, 1.82) is 0 Å². The maximum Gasteiger partial charge on any atom is 0.228 e. The van der Waals surface area contributed by atoms with E-state index in [2.05, 4.69) is 10.6 Å². The lowest BCUT2D eigenvalue weighted by molar-refractivity contribution is -0.115. The van der Waals surface area contributed by atoms with Crippen LogP contribution in [0.1, 0.15) is 19.4 Å². The fourth-order valence-corrected chi connectivity index (χ4v) is 2.71. The molecule has 0 saturated heterocycles. The Balaban J connectivity index is 1.61. The number of amides is 1. The van der Waals surface area contributed by atoms with Gasteiger partial charge in [0.2, 0.25) is 5.91 Å². The average Bonchev–Trinajstić information content (AvgIpc) is 2.65. The van der Waals surface area contributed by atoms with Gasteiger partial charge in [-0.1, -0.05) is 42.5 Å². The number of hydrogen-bond acceptors (Lipinski definition) is 3. The van der Waals surface area contributed by atoms with Crippen LogP contribution < -0.4 is 15.4 Å². The van der Waals surface area contributed by atoms with Crippen molar-refractivity contribution in [2.45, 2.75) is 26.4 Å². The first-order chi connectivity index (χ1) is 13.1. The van der Waals surface area contributed by atoms with Gasteiger partial charge in [0, 0.05) is 11.4 Å². The van der Waals surface area contributed by atoms with Crippen molar-refractivity contribution in [3.05, 3.63) is 84.4 Å². The van der Waals surface area contributed by atoms with Crippen molar-refractivity contribution in [3.63, 3.8) is 0 Å². The first-order valence-corrected chi connectivity index (χ1v) is 9.07. The second-order valence-electron chi connectivity index (χ2n) is 6.58. The number of para-hydroxylation sites is 2. The van der Waals surface area contributed by atoms with Gasteiger partial charge in [0.25, 0.3) is 0 Å². The van der Waals surface area contributed by atoms with Gasteiger partial charge in [0.1, 0.15) is 5.75 Å². The summed E-state index contributed by atoms with van der Waals surface area (Å²) in [5, 5.41) is 6.29. The highest BCUT2D eigenvalue weighted by molar-refractivity contribution is 5.92. The summed E-state index contributed by atoms with van der Waals surface area (Å²) < 4.78 is 5.83. The third-order valence-electron chi connectivity index (χ3n) is 3.90. The minimum atomic E-state index is -0.0300. The van der Waals surface area contributed by atoms with E-state index in [1.54, 1.807) is 0 Å². The maximum absolute atomic E-state index is 12.2. The molecule has 3 aromatic carbocycles. The molecule has 3 aromatic rings. The summed E-state index contributed by atoms with van der Waals surface area (Å²) in [5.74, 6) is 0.783. The van der Waals surface area contributed by atoms with E-state index in [0.29, 0.717) is 6.42 Å². The van der Waals surface area contributed by atoms with Crippen molar-refractivity contribution in [3.8, 4) is 5.75 Å². The molecule has 4 heteroatoms. The lowest BCUT2D eigenvalue weighted by Crippen LogP contribution is -2.14. The van der Waals surface area contributed by atoms with Crippen LogP contribution in [0, 0.1) is 0 Å². The van der Waals surface area contributed by atoms with Crippen LogP contribution in [0.15, 0.2) is 78.9 Å². The summed E-state index contributed by atoms with van der Waals surface area (Å²) in [6.45, 7) is 4.01. The maximum atomic E-state index is 12.2. The summed E-state index contributed by atoms with van der Waals surface area (Å²) in [6.07, 6.45) is 0.468. The molecule has 27 heavy (non-hydrogen) atoms. The zero-order valence-corrected chi connectivity index (χ0v) is 15.6. The zero-order valence-electron chi connectivity index (χ0n) is 15.6. The number of carbonyl (C=O) groups is 1. The lowest BCUT2D eigenvalue weighted by atomic mass is 10.1. The van der Waals surface area contributed by atoms with E-state index in [4.69, 9.17) is 4.74 Å². The molecule has 0 heterocycles. The molecule has 0 aliphatic heterocycles. The van der Waals surface area contributed by atoms with Crippen LogP contribution in [0.5, 0.6) is 5.75 Å². The molecule has 0 aliphatic carbocycles. The van der Waals surface area contributed by atoms with E-state index >= 15 is 0 Å². The molecule has 0 radical (unpaired) electrons. The van der Waals surface area contributed by atoms with Gasteiger partial charge < -0.3 is 15.4 Å². The van der Waals surface area contributed by atoms with Gasteiger partial charge in [-0.15, -0.1) is 0 Å². The van der Waals surface area contributed by atoms with Crippen LogP contribution in [0.4, 0.5) is 17.1 Å². The zero-order chi connectivity index (χ0) is 19.1. The Morgan fingerprint density at radius 1 is 0.852 bits per heavy atom. The topological polar surface area (TPSA) is 50.4 Å². The Kier molecular flexibility index (Phi) is 6.10. The third kappa shape index (κ3) is 5.61. The average molecular weight is 360 g/mol. The predicted octanol–water partition coefficient (Wildman–Crippen LogP) is 5.40. The number of benzene rings is 3. The lowest BCUT2D eigenvalue weighted by Gasteiger charge is -2.15. The molecule has 1 amide bonds. The van der Waals surface area contributed by atoms with Crippen LogP contribution in [0.2, 0.25) is 0 Å². The molecule has 0 bridgehead atoms. The van der Waals surface area contributed by atoms with Crippen LogP contribution in [0.25, 0.3) is 0 Å². The highest BCUT2D eigenvalue weighted by atomic mass is 16.5. The number of anilines is 3. The molecule has 0 aromatic heterocycles. The van der Waals surface area contributed by atoms with Gasteiger partial charge in [-0.25, -0.2) is 0 Å². The Morgan fingerprint density at radius 2 is 1.48 bits per heavy atom. The Bertz CT molecular complexity index is 874. The molecule has 2 N–H and O–H groups in total. The number of rotatable bonds is 7. The van der Waals surface area contributed by atoms with Crippen LogP contribution in [-0.2, 0) is 11.2 Å². The summed E-state index contributed by atoms with van der Waals surface area (Å²) >= 11 is 0. The third-order valence-corrected chi connectivity index (χ3v) is 3.90. The molecule has 0 saturated carbocycles. The number of hydrogen-bond donors (Lipinski definition) is 2. The minimum Gasteiger partial charge on any atom is -0.489 e. The predicted molar refractivity (Wildman–Crippen MR) is 111 cm³/mol. The largest absolute Gasteiger partial charge is 0.489 e. The highest BCUT2D eigenvalue weighted by Crippen LogP contribution is 2.28. The molecule has 0 unspecified atom stereocenters. The fraction of sp³-hybridized carbons (Fsp3) is 0.174.